The number of hydrogen-bond acceptors (Lipinski definition) is 7. The molecule has 1 saturated heterocycles. The van der Waals surface area contributed by atoms with Crippen molar-refractivity contribution in [2.45, 2.75) is 52.1 Å². The molecule has 0 N–H and O–H groups in total. The Balaban J connectivity index is 1.50. The molecular formula is C23H26F2N6O. The van der Waals surface area contributed by atoms with Gasteiger partial charge in [0.1, 0.15) is 11.6 Å². The number of aromatic nitrogens is 5. The molecule has 0 bridgehead atoms. The number of halogens is 2. The van der Waals surface area contributed by atoms with E-state index >= 15 is 0 Å². The van der Waals surface area contributed by atoms with Crippen molar-refractivity contribution in [3.63, 3.8) is 0 Å². The number of pyridine rings is 1. The standard InChI is InChI=1S/C23H26F2N6O/c1-12-8-15(4-5-26-12)18-11-31(6-7-32-18)23-29-19(16-9-17(10-16)21(24)25)20-22(30-23)28-14(3)13(2)27-20/h4-5,8,16-18,21H,6-7,9-11H2,1-3H3/t16?,17?,18-/m1/s1. The summed E-state index contributed by atoms with van der Waals surface area (Å²) in [7, 11) is 0. The molecule has 0 radical (unpaired) electrons. The van der Waals surface area contributed by atoms with E-state index in [1.165, 1.54) is 0 Å². The number of anilines is 1. The van der Waals surface area contributed by atoms with Crippen molar-refractivity contribution in [3.8, 4) is 0 Å². The normalized spacial score (nSPS) is 23.6. The summed E-state index contributed by atoms with van der Waals surface area (Å²) in [4.78, 5) is 25.3. The van der Waals surface area contributed by atoms with E-state index in [1.807, 2.05) is 32.9 Å². The van der Waals surface area contributed by atoms with Crippen LogP contribution in [-0.2, 0) is 4.74 Å². The first kappa shape index (κ1) is 21.1. The first-order valence-corrected chi connectivity index (χ1v) is 11.0. The molecule has 2 aliphatic rings. The van der Waals surface area contributed by atoms with Crippen LogP contribution in [0.1, 0.15) is 53.2 Å². The molecule has 0 unspecified atom stereocenters. The molecule has 2 fully saturated rings. The largest absolute Gasteiger partial charge is 0.370 e. The molecule has 1 saturated carbocycles. The molecule has 5 rings (SSSR count). The lowest BCUT2D eigenvalue weighted by Gasteiger charge is -2.36. The Kier molecular flexibility index (Phi) is 5.44. The predicted molar refractivity (Wildman–Crippen MR) is 116 cm³/mol. The van der Waals surface area contributed by atoms with Gasteiger partial charge in [-0.2, -0.15) is 4.98 Å². The monoisotopic (exact) mass is 440 g/mol. The molecule has 4 heterocycles. The summed E-state index contributed by atoms with van der Waals surface area (Å²) in [6.07, 6.45) is 0.206. The summed E-state index contributed by atoms with van der Waals surface area (Å²) in [5.41, 5.74) is 5.50. The quantitative estimate of drug-likeness (QED) is 0.605. The Morgan fingerprint density at radius 3 is 2.59 bits per heavy atom. The van der Waals surface area contributed by atoms with Crippen LogP contribution >= 0.6 is 0 Å². The van der Waals surface area contributed by atoms with Gasteiger partial charge in [-0.05, 0) is 51.3 Å². The number of aryl methyl sites for hydroxylation is 3. The first-order chi connectivity index (χ1) is 15.4. The van der Waals surface area contributed by atoms with Crippen molar-refractivity contribution in [1.29, 1.82) is 0 Å². The van der Waals surface area contributed by atoms with Crippen LogP contribution in [0.2, 0.25) is 0 Å². The second-order valence-corrected chi connectivity index (χ2v) is 8.77. The number of morpholine rings is 1. The van der Waals surface area contributed by atoms with Gasteiger partial charge in [-0.3, -0.25) is 4.98 Å². The summed E-state index contributed by atoms with van der Waals surface area (Å²) in [5, 5.41) is 0. The van der Waals surface area contributed by atoms with E-state index in [1.54, 1.807) is 6.20 Å². The highest BCUT2D eigenvalue weighted by atomic mass is 19.3. The second kappa shape index (κ2) is 8.27. The van der Waals surface area contributed by atoms with Crippen molar-refractivity contribution in [2.75, 3.05) is 24.6 Å². The van der Waals surface area contributed by atoms with Crippen LogP contribution in [0.15, 0.2) is 18.3 Å². The molecule has 3 aromatic heterocycles. The van der Waals surface area contributed by atoms with Crippen LogP contribution < -0.4 is 4.90 Å². The molecule has 1 aliphatic heterocycles. The third kappa shape index (κ3) is 3.90. The summed E-state index contributed by atoms with van der Waals surface area (Å²) in [6.45, 7) is 7.53. The highest BCUT2D eigenvalue weighted by Gasteiger charge is 2.39. The fourth-order valence-corrected chi connectivity index (χ4v) is 4.44. The van der Waals surface area contributed by atoms with Gasteiger partial charge < -0.3 is 9.64 Å². The van der Waals surface area contributed by atoms with Gasteiger partial charge in [0.05, 0.1) is 30.2 Å². The lowest BCUT2D eigenvalue weighted by atomic mass is 9.73. The van der Waals surface area contributed by atoms with E-state index in [2.05, 4.69) is 19.9 Å². The number of hydrogen-bond donors (Lipinski definition) is 0. The van der Waals surface area contributed by atoms with Gasteiger partial charge >= 0.3 is 0 Å². The smallest absolute Gasteiger partial charge is 0.241 e. The van der Waals surface area contributed by atoms with Crippen LogP contribution in [0.25, 0.3) is 11.2 Å². The fourth-order valence-electron chi connectivity index (χ4n) is 4.44. The van der Waals surface area contributed by atoms with Crippen molar-refractivity contribution in [2.24, 2.45) is 5.92 Å². The maximum Gasteiger partial charge on any atom is 0.241 e. The average molecular weight is 440 g/mol. The number of fused-ring (bicyclic) bond motifs is 1. The minimum absolute atomic E-state index is 0.0469. The van der Waals surface area contributed by atoms with E-state index in [4.69, 9.17) is 14.7 Å². The van der Waals surface area contributed by atoms with E-state index in [0.29, 0.717) is 49.7 Å². The molecule has 0 spiro atoms. The Hall–Kier alpha value is -2.81. The second-order valence-electron chi connectivity index (χ2n) is 8.77. The van der Waals surface area contributed by atoms with Gasteiger partial charge in [0.2, 0.25) is 12.4 Å². The van der Waals surface area contributed by atoms with Crippen molar-refractivity contribution in [1.82, 2.24) is 24.9 Å². The molecule has 0 aromatic carbocycles. The van der Waals surface area contributed by atoms with Crippen LogP contribution in [-0.4, -0.2) is 51.0 Å². The third-order valence-corrected chi connectivity index (χ3v) is 6.52. The highest BCUT2D eigenvalue weighted by Crippen LogP contribution is 2.45. The molecule has 9 heteroatoms. The number of rotatable bonds is 4. The number of alkyl halides is 2. The summed E-state index contributed by atoms with van der Waals surface area (Å²) < 4.78 is 32.2. The van der Waals surface area contributed by atoms with Gasteiger partial charge in [0.15, 0.2) is 5.65 Å². The van der Waals surface area contributed by atoms with Crippen LogP contribution in [0.3, 0.4) is 0 Å². The molecular weight excluding hydrogens is 414 g/mol. The Morgan fingerprint density at radius 1 is 1.06 bits per heavy atom. The Morgan fingerprint density at radius 2 is 1.84 bits per heavy atom. The maximum absolute atomic E-state index is 13.1. The first-order valence-electron chi connectivity index (χ1n) is 11.0. The number of nitrogens with zero attached hydrogens (tertiary/aromatic N) is 6. The van der Waals surface area contributed by atoms with Gasteiger partial charge in [-0.15, -0.1) is 0 Å². The van der Waals surface area contributed by atoms with Crippen LogP contribution in [0.4, 0.5) is 14.7 Å². The average Bonchev–Trinajstić information content (AvgIpc) is 2.73. The van der Waals surface area contributed by atoms with Crippen molar-refractivity contribution in [3.05, 3.63) is 46.7 Å². The van der Waals surface area contributed by atoms with Gasteiger partial charge in [-0.1, -0.05) is 0 Å². The molecule has 1 aliphatic carbocycles. The van der Waals surface area contributed by atoms with E-state index < -0.39 is 12.3 Å². The molecule has 0 amide bonds. The van der Waals surface area contributed by atoms with E-state index in [0.717, 1.165) is 28.3 Å². The van der Waals surface area contributed by atoms with Gasteiger partial charge in [-0.25, -0.2) is 23.7 Å². The summed E-state index contributed by atoms with van der Waals surface area (Å²) >= 11 is 0. The summed E-state index contributed by atoms with van der Waals surface area (Å²) in [6, 6.07) is 3.99. The maximum atomic E-state index is 13.1. The van der Waals surface area contributed by atoms with E-state index in [9.17, 15) is 8.78 Å². The zero-order valence-corrected chi connectivity index (χ0v) is 18.4. The number of ether oxygens (including phenoxy) is 1. The van der Waals surface area contributed by atoms with Gasteiger partial charge in [0, 0.05) is 30.3 Å². The highest BCUT2D eigenvalue weighted by molar-refractivity contribution is 5.75. The predicted octanol–water partition coefficient (Wildman–Crippen LogP) is 4.08. The lowest BCUT2D eigenvalue weighted by molar-refractivity contribution is 0.0220. The Labute approximate surface area is 185 Å². The molecule has 32 heavy (non-hydrogen) atoms. The molecule has 1 atom stereocenters. The summed E-state index contributed by atoms with van der Waals surface area (Å²) in [5.74, 6) is -0.0605. The fraction of sp³-hybridized carbons (Fsp3) is 0.522. The van der Waals surface area contributed by atoms with E-state index in [-0.39, 0.29) is 12.0 Å². The molecule has 7 nitrogen and oxygen atoms in total. The van der Waals surface area contributed by atoms with Crippen molar-refractivity contribution >= 4 is 17.1 Å². The third-order valence-electron chi connectivity index (χ3n) is 6.52. The molecule has 3 aromatic rings. The lowest BCUT2D eigenvalue weighted by Crippen LogP contribution is -2.40. The van der Waals surface area contributed by atoms with Gasteiger partial charge in [0.25, 0.3) is 0 Å². The van der Waals surface area contributed by atoms with Crippen LogP contribution in [0, 0.1) is 26.7 Å². The SMILES string of the molecule is Cc1cc([C@H]2CN(c3nc(C4CC(C(F)F)C4)c4nc(C)c(C)nc4n3)CCO2)ccn1. The van der Waals surface area contributed by atoms with Crippen LogP contribution in [0.5, 0.6) is 0 Å². The Bertz CT molecular complexity index is 1150. The zero-order valence-electron chi connectivity index (χ0n) is 18.4. The zero-order chi connectivity index (χ0) is 22.4. The molecule has 168 valence electrons. The topological polar surface area (TPSA) is 76.9 Å². The minimum atomic E-state index is -2.29. The minimum Gasteiger partial charge on any atom is -0.370 e. The van der Waals surface area contributed by atoms with Crippen molar-refractivity contribution < 1.29 is 13.5 Å².